The first kappa shape index (κ1) is 18.9. The molecule has 2 heterocycles. The number of piperazine rings is 1. The van der Waals surface area contributed by atoms with Crippen LogP contribution >= 0.6 is 0 Å². The fourth-order valence-corrected chi connectivity index (χ4v) is 4.90. The van der Waals surface area contributed by atoms with Crippen molar-refractivity contribution < 1.29 is 8.42 Å². The van der Waals surface area contributed by atoms with Crippen molar-refractivity contribution >= 4 is 10.0 Å². The van der Waals surface area contributed by atoms with Gasteiger partial charge in [-0.15, -0.1) is 5.10 Å². The summed E-state index contributed by atoms with van der Waals surface area (Å²) in [5, 5.41) is 11.9. The first-order chi connectivity index (χ1) is 12.3. The van der Waals surface area contributed by atoms with Gasteiger partial charge >= 0.3 is 0 Å². The molecule has 0 saturated carbocycles. The lowest BCUT2D eigenvalue weighted by molar-refractivity contribution is 0.174. The van der Waals surface area contributed by atoms with Crippen molar-refractivity contribution in [2.45, 2.75) is 45.2 Å². The fourth-order valence-electron chi connectivity index (χ4n) is 3.27. The summed E-state index contributed by atoms with van der Waals surface area (Å²) >= 11 is 0. The maximum absolute atomic E-state index is 13.0. The monoisotopic (exact) mass is 378 g/mol. The van der Waals surface area contributed by atoms with E-state index in [4.69, 9.17) is 0 Å². The number of aromatic nitrogens is 4. The van der Waals surface area contributed by atoms with Crippen LogP contribution in [0, 0.1) is 13.8 Å². The zero-order valence-electron chi connectivity index (χ0n) is 15.8. The first-order valence-electron chi connectivity index (χ1n) is 8.85. The van der Waals surface area contributed by atoms with E-state index < -0.39 is 10.0 Å². The number of nitrogens with zero attached hydrogens (tertiary/aromatic N) is 6. The van der Waals surface area contributed by atoms with Gasteiger partial charge in [-0.05, 0) is 49.8 Å². The lowest BCUT2D eigenvalue weighted by atomic mass is 10.2. The summed E-state index contributed by atoms with van der Waals surface area (Å²) in [6.45, 7) is 10.8. The van der Waals surface area contributed by atoms with Gasteiger partial charge in [0, 0.05) is 26.2 Å². The van der Waals surface area contributed by atoms with E-state index in [1.807, 2.05) is 39.8 Å². The Bertz CT molecular complexity index is 869. The fraction of sp³-hybridized carbons (Fsp3) is 0.588. The van der Waals surface area contributed by atoms with Gasteiger partial charge in [-0.1, -0.05) is 17.7 Å². The molecule has 1 aliphatic heterocycles. The molecular formula is C17H26N6O2S. The van der Waals surface area contributed by atoms with E-state index in [1.165, 1.54) is 0 Å². The molecule has 2 aromatic rings. The highest BCUT2D eigenvalue weighted by atomic mass is 32.2. The van der Waals surface area contributed by atoms with Crippen molar-refractivity contribution in [3.63, 3.8) is 0 Å². The summed E-state index contributed by atoms with van der Waals surface area (Å²) < 4.78 is 29.3. The highest BCUT2D eigenvalue weighted by Gasteiger charge is 2.30. The Morgan fingerprint density at radius 1 is 1.12 bits per heavy atom. The Kier molecular flexibility index (Phi) is 5.40. The van der Waals surface area contributed by atoms with Gasteiger partial charge < -0.3 is 0 Å². The SMILES string of the molecule is Cc1ccc(S(=O)(=O)N2CCN(Cc3nnnn3C(C)C)CC2)c(C)c1. The molecule has 26 heavy (non-hydrogen) atoms. The largest absolute Gasteiger partial charge is 0.293 e. The quantitative estimate of drug-likeness (QED) is 0.781. The third-order valence-corrected chi connectivity index (χ3v) is 6.75. The van der Waals surface area contributed by atoms with Gasteiger partial charge in [0.25, 0.3) is 0 Å². The van der Waals surface area contributed by atoms with E-state index in [2.05, 4.69) is 20.4 Å². The van der Waals surface area contributed by atoms with E-state index in [-0.39, 0.29) is 6.04 Å². The number of benzene rings is 1. The molecule has 0 aliphatic carbocycles. The molecule has 0 spiro atoms. The Balaban J connectivity index is 1.67. The van der Waals surface area contributed by atoms with Gasteiger partial charge in [0.15, 0.2) is 5.82 Å². The average molecular weight is 379 g/mol. The molecule has 0 N–H and O–H groups in total. The van der Waals surface area contributed by atoms with E-state index in [9.17, 15) is 8.42 Å². The molecule has 1 fully saturated rings. The van der Waals surface area contributed by atoms with Gasteiger partial charge in [-0.3, -0.25) is 4.90 Å². The predicted molar refractivity (Wildman–Crippen MR) is 98.2 cm³/mol. The highest BCUT2D eigenvalue weighted by Crippen LogP contribution is 2.22. The van der Waals surface area contributed by atoms with Crippen molar-refractivity contribution in [1.29, 1.82) is 0 Å². The predicted octanol–water partition coefficient (Wildman–Crippen LogP) is 1.38. The van der Waals surface area contributed by atoms with Crippen LogP contribution in [0.1, 0.15) is 36.8 Å². The Morgan fingerprint density at radius 3 is 2.42 bits per heavy atom. The molecule has 1 aromatic carbocycles. The molecule has 0 bridgehead atoms. The second-order valence-corrected chi connectivity index (χ2v) is 8.99. The van der Waals surface area contributed by atoms with Crippen LogP contribution in [0.2, 0.25) is 0 Å². The van der Waals surface area contributed by atoms with Crippen molar-refractivity contribution in [2.75, 3.05) is 26.2 Å². The number of hydrogen-bond donors (Lipinski definition) is 0. The second kappa shape index (κ2) is 7.42. The number of hydrogen-bond acceptors (Lipinski definition) is 6. The minimum Gasteiger partial charge on any atom is -0.293 e. The summed E-state index contributed by atoms with van der Waals surface area (Å²) in [6.07, 6.45) is 0. The van der Waals surface area contributed by atoms with Gasteiger partial charge in [0.1, 0.15) is 0 Å². The lowest BCUT2D eigenvalue weighted by Gasteiger charge is -2.34. The normalized spacial score (nSPS) is 17.1. The first-order valence-corrected chi connectivity index (χ1v) is 10.3. The van der Waals surface area contributed by atoms with E-state index >= 15 is 0 Å². The zero-order chi connectivity index (χ0) is 18.9. The molecule has 9 heteroatoms. The average Bonchev–Trinajstić information content (AvgIpc) is 3.03. The van der Waals surface area contributed by atoms with E-state index in [0.29, 0.717) is 37.6 Å². The third kappa shape index (κ3) is 3.79. The van der Waals surface area contributed by atoms with E-state index in [0.717, 1.165) is 17.0 Å². The molecule has 0 amide bonds. The van der Waals surface area contributed by atoms with Gasteiger partial charge in [0.2, 0.25) is 10.0 Å². The molecule has 1 aromatic heterocycles. The smallest absolute Gasteiger partial charge is 0.243 e. The molecule has 1 aliphatic rings. The van der Waals surface area contributed by atoms with Gasteiger partial charge in [0.05, 0.1) is 17.5 Å². The minimum atomic E-state index is -3.46. The van der Waals surface area contributed by atoms with Crippen LogP contribution in [0.15, 0.2) is 23.1 Å². The van der Waals surface area contributed by atoms with Crippen LogP contribution in [-0.4, -0.2) is 64.0 Å². The molecule has 0 atom stereocenters. The van der Waals surface area contributed by atoms with Crippen molar-refractivity contribution in [2.24, 2.45) is 0 Å². The molecular weight excluding hydrogens is 352 g/mol. The Labute approximate surface area is 154 Å². The van der Waals surface area contributed by atoms with Crippen LogP contribution in [0.25, 0.3) is 0 Å². The van der Waals surface area contributed by atoms with Crippen molar-refractivity contribution in [1.82, 2.24) is 29.4 Å². The van der Waals surface area contributed by atoms with Crippen LogP contribution in [0.4, 0.5) is 0 Å². The summed E-state index contributed by atoms with van der Waals surface area (Å²) in [7, 11) is -3.46. The lowest BCUT2D eigenvalue weighted by Crippen LogP contribution is -2.48. The van der Waals surface area contributed by atoms with Gasteiger partial charge in [-0.25, -0.2) is 13.1 Å². The maximum Gasteiger partial charge on any atom is 0.243 e. The summed E-state index contributed by atoms with van der Waals surface area (Å²) in [6, 6.07) is 5.67. The van der Waals surface area contributed by atoms with Crippen molar-refractivity contribution in [3.8, 4) is 0 Å². The van der Waals surface area contributed by atoms with Crippen LogP contribution in [0.3, 0.4) is 0 Å². The van der Waals surface area contributed by atoms with Gasteiger partial charge in [-0.2, -0.15) is 4.31 Å². The minimum absolute atomic E-state index is 0.200. The number of rotatable bonds is 5. The Hall–Kier alpha value is -1.84. The summed E-state index contributed by atoms with van der Waals surface area (Å²) in [5.74, 6) is 0.811. The summed E-state index contributed by atoms with van der Waals surface area (Å²) in [4.78, 5) is 2.60. The standard InChI is InChI=1S/C17H26N6O2S/c1-13(2)23-17(18-19-20-23)12-21-7-9-22(10-8-21)26(24,25)16-6-5-14(3)11-15(16)4/h5-6,11,13H,7-10,12H2,1-4H3. The molecule has 0 radical (unpaired) electrons. The number of aryl methyl sites for hydroxylation is 2. The molecule has 3 rings (SSSR count). The topological polar surface area (TPSA) is 84.2 Å². The second-order valence-electron chi connectivity index (χ2n) is 7.08. The number of sulfonamides is 1. The highest BCUT2D eigenvalue weighted by molar-refractivity contribution is 7.89. The third-order valence-electron chi connectivity index (χ3n) is 4.69. The molecule has 1 saturated heterocycles. The van der Waals surface area contributed by atoms with Crippen LogP contribution in [-0.2, 0) is 16.6 Å². The van der Waals surface area contributed by atoms with E-state index in [1.54, 1.807) is 15.1 Å². The van der Waals surface area contributed by atoms with Crippen LogP contribution < -0.4 is 0 Å². The summed E-state index contributed by atoms with van der Waals surface area (Å²) in [5.41, 5.74) is 1.86. The molecule has 8 nitrogen and oxygen atoms in total. The molecule has 142 valence electrons. The maximum atomic E-state index is 13.0. The van der Waals surface area contributed by atoms with Crippen LogP contribution in [0.5, 0.6) is 0 Å². The van der Waals surface area contributed by atoms with Crippen molar-refractivity contribution in [3.05, 3.63) is 35.2 Å². The molecule has 0 unspecified atom stereocenters. The Morgan fingerprint density at radius 2 is 1.81 bits per heavy atom. The number of tetrazole rings is 1. The zero-order valence-corrected chi connectivity index (χ0v) is 16.6.